The summed E-state index contributed by atoms with van der Waals surface area (Å²) in [5, 5.41) is 3.45. The molecule has 1 atom stereocenters. The van der Waals surface area contributed by atoms with Crippen molar-refractivity contribution in [1.29, 1.82) is 0 Å². The first kappa shape index (κ1) is 12.3. The van der Waals surface area contributed by atoms with Gasteiger partial charge in [0.05, 0.1) is 0 Å². The normalized spacial score (nSPS) is 13.9. The molecule has 0 saturated carbocycles. The van der Waals surface area contributed by atoms with Crippen molar-refractivity contribution in [3.8, 4) is 0 Å². The summed E-state index contributed by atoms with van der Waals surface area (Å²) in [6.45, 7) is 11.4. The Labute approximate surface area is 82.9 Å². The summed E-state index contributed by atoms with van der Waals surface area (Å²) in [5.74, 6) is 0.476. The van der Waals surface area contributed by atoms with Gasteiger partial charge in [-0.25, -0.2) is 0 Å². The lowest BCUT2D eigenvalue weighted by atomic mass is 10.1. The zero-order valence-electron chi connectivity index (χ0n) is 9.27. The van der Waals surface area contributed by atoms with Crippen LogP contribution < -0.4 is 5.32 Å². The van der Waals surface area contributed by atoms with Gasteiger partial charge in [-0.2, -0.15) is 0 Å². The number of nitrogens with one attached hydrogen (secondary N) is 1. The summed E-state index contributed by atoms with van der Waals surface area (Å²) < 4.78 is 0. The third-order valence-electron chi connectivity index (χ3n) is 2.10. The van der Waals surface area contributed by atoms with Gasteiger partial charge in [-0.3, -0.25) is 0 Å². The lowest BCUT2D eigenvalue weighted by Crippen LogP contribution is -2.14. The van der Waals surface area contributed by atoms with Gasteiger partial charge in [0.15, 0.2) is 0 Å². The van der Waals surface area contributed by atoms with E-state index in [4.69, 9.17) is 0 Å². The van der Waals surface area contributed by atoms with E-state index in [0.29, 0.717) is 5.92 Å². The number of allylic oxidation sites excluding steroid dienone is 3. The van der Waals surface area contributed by atoms with E-state index in [-0.39, 0.29) is 0 Å². The molecule has 1 unspecified atom stereocenters. The lowest BCUT2D eigenvalue weighted by Gasteiger charge is -2.09. The van der Waals surface area contributed by atoms with E-state index in [1.54, 1.807) is 0 Å². The first-order valence-corrected chi connectivity index (χ1v) is 5.31. The van der Waals surface area contributed by atoms with Crippen LogP contribution in [0.5, 0.6) is 0 Å². The molecule has 0 aliphatic rings. The zero-order valence-corrected chi connectivity index (χ0v) is 9.27. The van der Waals surface area contributed by atoms with Crippen molar-refractivity contribution in [3.05, 3.63) is 24.4 Å². The Hall–Kier alpha value is -0.720. The molecule has 1 N–H and O–H groups in total. The van der Waals surface area contributed by atoms with Crippen molar-refractivity contribution in [2.24, 2.45) is 5.92 Å². The molecule has 0 spiro atoms. The van der Waals surface area contributed by atoms with E-state index >= 15 is 0 Å². The third kappa shape index (κ3) is 6.44. The molecule has 0 aliphatic carbocycles. The first-order valence-electron chi connectivity index (χ1n) is 5.31. The molecule has 0 bridgehead atoms. The summed E-state index contributed by atoms with van der Waals surface area (Å²) in [6, 6.07) is 0. The van der Waals surface area contributed by atoms with E-state index < -0.39 is 0 Å². The molecule has 0 aromatic carbocycles. The fourth-order valence-corrected chi connectivity index (χ4v) is 1.11. The van der Waals surface area contributed by atoms with E-state index in [0.717, 1.165) is 13.0 Å². The predicted octanol–water partition coefficient (Wildman–Crippen LogP) is 3.49. The van der Waals surface area contributed by atoms with Crippen LogP contribution in [0.1, 0.15) is 40.0 Å². The second-order valence-electron chi connectivity index (χ2n) is 3.42. The summed E-state index contributed by atoms with van der Waals surface area (Å²) in [5.41, 5.74) is 1.35. The van der Waals surface area contributed by atoms with Gasteiger partial charge in [0.1, 0.15) is 0 Å². The van der Waals surface area contributed by atoms with E-state index in [9.17, 15) is 0 Å². The number of unbranched alkanes of at least 4 members (excludes halogenated alkanes) is 1. The predicted molar refractivity (Wildman–Crippen MR) is 60.6 cm³/mol. The van der Waals surface area contributed by atoms with Gasteiger partial charge >= 0.3 is 0 Å². The summed E-state index contributed by atoms with van der Waals surface area (Å²) in [4.78, 5) is 0. The molecular formula is C12H23N. The van der Waals surface area contributed by atoms with Gasteiger partial charge in [0.2, 0.25) is 0 Å². The lowest BCUT2D eigenvalue weighted by molar-refractivity contribution is 0.685. The second kappa shape index (κ2) is 7.90. The molecule has 0 aliphatic heterocycles. The Bertz CT molecular complexity index is 159. The summed E-state index contributed by atoms with van der Waals surface area (Å²) >= 11 is 0. The third-order valence-corrected chi connectivity index (χ3v) is 2.10. The molecule has 0 heterocycles. The van der Waals surface area contributed by atoms with Crippen LogP contribution in [0.25, 0.3) is 0 Å². The minimum absolute atomic E-state index is 0.476. The summed E-state index contributed by atoms with van der Waals surface area (Å²) in [6.07, 6.45) is 7.81. The number of hydrogen-bond acceptors (Lipinski definition) is 1. The van der Waals surface area contributed by atoms with Crippen LogP contribution in [0.4, 0.5) is 0 Å². The Morgan fingerprint density at radius 2 is 2.15 bits per heavy atom. The number of rotatable bonds is 7. The fraction of sp³-hybridized carbons (Fsp3) is 0.667. The molecule has 1 heteroatoms. The molecule has 76 valence electrons. The average molecular weight is 181 g/mol. The molecule has 0 aromatic rings. The Balaban J connectivity index is 3.86. The van der Waals surface area contributed by atoms with Crippen LogP contribution in [0.2, 0.25) is 0 Å². The highest BCUT2D eigenvalue weighted by Crippen LogP contribution is 2.04. The maximum Gasteiger partial charge on any atom is 0.0143 e. The van der Waals surface area contributed by atoms with Gasteiger partial charge < -0.3 is 5.32 Å². The minimum atomic E-state index is 0.476. The molecular weight excluding hydrogens is 158 g/mol. The SMILES string of the molecule is C=CC(C)/C=C(/CC)NCCCC. The first-order chi connectivity index (χ1) is 6.24. The molecule has 0 saturated heterocycles. The van der Waals surface area contributed by atoms with Gasteiger partial charge in [-0.15, -0.1) is 6.58 Å². The van der Waals surface area contributed by atoms with Crippen molar-refractivity contribution in [3.63, 3.8) is 0 Å². The maximum absolute atomic E-state index is 3.77. The summed E-state index contributed by atoms with van der Waals surface area (Å²) in [7, 11) is 0. The molecule has 0 fully saturated rings. The second-order valence-corrected chi connectivity index (χ2v) is 3.42. The monoisotopic (exact) mass is 181 g/mol. The van der Waals surface area contributed by atoms with Crippen LogP contribution in [0.3, 0.4) is 0 Å². The van der Waals surface area contributed by atoms with E-state index in [2.05, 4.69) is 38.7 Å². The van der Waals surface area contributed by atoms with Crippen LogP contribution in [-0.2, 0) is 0 Å². The highest BCUT2D eigenvalue weighted by molar-refractivity contribution is 5.04. The Morgan fingerprint density at radius 3 is 2.62 bits per heavy atom. The molecule has 0 radical (unpaired) electrons. The van der Waals surface area contributed by atoms with Gasteiger partial charge in [-0.1, -0.05) is 39.3 Å². The van der Waals surface area contributed by atoms with Crippen molar-refractivity contribution < 1.29 is 0 Å². The highest BCUT2D eigenvalue weighted by Gasteiger charge is 1.95. The number of hydrogen-bond donors (Lipinski definition) is 1. The largest absolute Gasteiger partial charge is 0.389 e. The van der Waals surface area contributed by atoms with Gasteiger partial charge in [0.25, 0.3) is 0 Å². The Morgan fingerprint density at radius 1 is 1.46 bits per heavy atom. The minimum Gasteiger partial charge on any atom is -0.389 e. The molecule has 13 heavy (non-hydrogen) atoms. The quantitative estimate of drug-likeness (QED) is 0.468. The van der Waals surface area contributed by atoms with Crippen molar-refractivity contribution in [2.75, 3.05) is 6.54 Å². The highest BCUT2D eigenvalue weighted by atomic mass is 14.9. The van der Waals surface area contributed by atoms with Crippen LogP contribution >= 0.6 is 0 Å². The van der Waals surface area contributed by atoms with Crippen LogP contribution in [0, 0.1) is 5.92 Å². The molecule has 1 nitrogen and oxygen atoms in total. The topological polar surface area (TPSA) is 12.0 Å². The average Bonchev–Trinajstić information content (AvgIpc) is 2.16. The molecule has 0 rings (SSSR count). The maximum atomic E-state index is 3.77. The Kier molecular flexibility index (Phi) is 7.47. The van der Waals surface area contributed by atoms with Crippen LogP contribution in [-0.4, -0.2) is 6.54 Å². The van der Waals surface area contributed by atoms with Crippen molar-refractivity contribution in [1.82, 2.24) is 5.32 Å². The zero-order chi connectivity index (χ0) is 10.1. The smallest absolute Gasteiger partial charge is 0.0143 e. The van der Waals surface area contributed by atoms with E-state index in [1.807, 2.05) is 6.08 Å². The van der Waals surface area contributed by atoms with E-state index in [1.165, 1.54) is 18.5 Å². The van der Waals surface area contributed by atoms with Crippen LogP contribution in [0.15, 0.2) is 24.4 Å². The molecule has 0 aromatic heterocycles. The van der Waals surface area contributed by atoms with Crippen molar-refractivity contribution in [2.45, 2.75) is 40.0 Å². The standard InChI is InChI=1S/C12H23N/c1-5-8-9-13-12(7-3)10-11(4)6-2/h6,10-11,13H,2,5,7-9H2,1,3-4H3/b12-10-. The van der Waals surface area contributed by atoms with Gasteiger partial charge in [-0.05, 0) is 18.8 Å². The van der Waals surface area contributed by atoms with Crippen molar-refractivity contribution >= 4 is 0 Å². The molecule has 0 amide bonds. The van der Waals surface area contributed by atoms with Gasteiger partial charge in [0, 0.05) is 12.2 Å². The fourth-order valence-electron chi connectivity index (χ4n) is 1.11.